The number of ether oxygens (including phenoxy) is 1. The summed E-state index contributed by atoms with van der Waals surface area (Å²) in [4.78, 5) is 0. The standard InChI is InChI=1S/C11H20N2O/c1-5-10(4)14-11-6-7-13(12-11)8-9(2)3/h6-7,9-10H,5,8H2,1-4H3/t10-/m1/s1. The predicted octanol–water partition coefficient (Wildman–Crippen LogP) is 2.72. The Labute approximate surface area is 86.1 Å². The second kappa shape index (κ2) is 5.03. The van der Waals surface area contributed by atoms with Gasteiger partial charge in [0.2, 0.25) is 5.88 Å². The van der Waals surface area contributed by atoms with E-state index in [0.717, 1.165) is 18.8 Å². The monoisotopic (exact) mass is 196 g/mol. The number of aromatic nitrogens is 2. The molecule has 0 amide bonds. The number of nitrogens with zero attached hydrogens (tertiary/aromatic N) is 2. The Morgan fingerprint density at radius 2 is 2.14 bits per heavy atom. The predicted molar refractivity (Wildman–Crippen MR) is 57.4 cm³/mol. The summed E-state index contributed by atoms with van der Waals surface area (Å²) in [5.41, 5.74) is 0. The highest BCUT2D eigenvalue weighted by Crippen LogP contribution is 2.10. The molecule has 0 radical (unpaired) electrons. The Hall–Kier alpha value is -0.990. The Kier molecular flexibility index (Phi) is 3.98. The van der Waals surface area contributed by atoms with Crippen molar-refractivity contribution in [1.29, 1.82) is 0 Å². The second-order valence-electron chi connectivity index (χ2n) is 4.11. The third kappa shape index (κ3) is 3.40. The van der Waals surface area contributed by atoms with Gasteiger partial charge in [-0.15, -0.1) is 5.10 Å². The molecule has 0 aliphatic rings. The molecule has 1 aromatic rings. The van der Waals surface area contributed by atoms with Crippen LogP contribution >= 0.6 is 0 Å². The van der Waals surface area contributed by atoms with E-state index < -0.39 is 0 Å². The van der Waals surface area contributed by atoms with Gasteiger partial charge in [-0.2, -0.15) is 0 Å². The number of hydrogen-bond donors (Lipinski definition) is 0. The zero-order chi connectivity index (χ0) is 10.6. The molecule has 0 bridgehead atoms. The van der Waals surface area contributed by atoms with Crippen molar-refractivity contribution in [2.24, 2.45) is 5.92 Å². The SMILES string of the molecule is CC[C@@H](C)Oc1ccn(CC(C)C)n1. The van der Waals surface area contributed by atoms with Gasteiger partial charge >= 0.3 is 0 Å². The van der Waals surface area contributed by atoms with Crippen LogP contribution in [-0.2, 0) is 6.54 Å². The molecule has 3 nitrogen and oxygen atoms in total. The van der Waals surface area contributed by atoms with E-state index in [1.54, 1.807) is 0 Å². The van der Waals surface area contributed by atoms with Crippen LogP contribution in [0.1, 0.15) is 34.1 Å². The Morgan fingerprint density at radius 3 is 2.71 bits per heavy atom. The minimum atomic E-state index is 0.248. The zero-order valence-corrected chi connectivity index (χ0v) is 9.53. The third-order valence-corrected chi connectivity index (χ3v) is 2.07. The Balaban J connectivity index is 2.50. The van der Waals surface area contributed by atoms with E-state index in [4.69, 9.17) is 4.74 Å². The summed E-state index contributed by atoms with van der Waals surface area (Å²) in [6.45, 7) is 9.47. The lowest BCUT2D eigenvalue weighted by Gasteiger charge is -2.09. The van der Waals surface area contributed by atoms with Crippen LogP contribution in [0.25, 0.3) is 0 Å². The van der Waals surface area contributed by atoms with Crippen LogP contribution in [0.3, 0.4) is 0 Å². The largest absolute Gasteiger partial charge is 0.474 e. The lowest BCUT2D eigenvalue weighted by Crippen LogP contribution is -2.11. The van der Waals surface area contributed by atoms with Crippen molar-refractivity contribution in [2.45, 2.75) is 46.8 Å². The summed E-state index contributed by atoms with van der Waals surface area (Å²) >= 11 is 0. The molecule has 0 unspecified atom stereocenters. The lowest BCUT2D eigenvalue weighted by atomic mass is 10.2. The van der Waals surface area contributed by atoms with Gasteiger partial charge in [-0.05, 0) is 19.3 Å². The molecule has 0 aliphatic heterocycles. The molecule has 14 heavy (non-hydrogen) atoms. The molecular weight excluding hydrogens is 176 g/mol. The topological polar surface area (TPSA) is 27.1 Å². The quantitative estimate of drug-likeness (QED) is 0.724. The van der Waals surface area contributed by atoms with Gasteiger partial charge in [-0.25, -0.2) is 0 Å². The van der Waals surface area contributed by atoms with Gasteiger partial charge in [0.05, 0.1) is 6.10 Å². The fourth-order valence-electron chi connectivity index (χ4n) is 1.17. The Bertz CT molecular complexity index is 268. The average molecular weight is 196 g/mol. The van der Waals surface area contributed by atoms with Crippen molar-refractivity contribution in [3.63, 3.8) is 0 Å². The summed E-state index contributed by atoms with van der Waals surface area (Å²) in [7, 11) is 0. The number of hydrogen-bond acceptors (Lipinski definition) is 2. The molecule has 0 fully saturated rings. The molecule has 0 aromatic carbocycles. The highest BCUT2D eigenvalue weighted by atomic mass is 16.5. The molecule has 1 aromatic heterocycles. The smallest absolute Gasteiger partial charge is 0.232 e. The summed E-state index contributed by atoms with van der Waals surface area (Å²) in [6, 6.07) is 1.93. The molecule has 0 aliphatic carbocycles. The van der Waals surface area contributed by atoms with Gasteiger partial charge in [0.25, 0.3) is 0 Å². The van der Waals surface area contributed by atoms with Crippen molar-refractivity contribution >= 4 is 0 Å². The van der Waals surface area contributed by atoms with E-state index in [1.165, 1.54) is 0 Å². The summed E-state index contributed by atoms with van der Waals surface area (Å²) in [5.74, 6) is 1.35. The fourth-order valence-corrected chi connectivity index (χ4v) is 1.17. The molecule has 1 heterocycles. The highest BCUT2D eigenvalue weighted by molar-refractivity contribution is 5.06. The minimum absolute atomic E-state index is 0.248. The summed E-state index contributed by atoms with van der Waals surface area (Å²) in [6.07, 6.45) is 3.23. The van der Waals surface area contributed by atoms with E-state index in [-0.39, 0.29) is 6.10 Å². The molecular formula is C11H20N2O. The second-order valence-corrected chi connectivity index (χ2v) is 4.11. The molecule has 0 spiro atoms. The van der Waals surface area contributed by atoms with Crippen molar-refractivity contribution < 1.29 is 4.74 Å². The first-order valence-electron chi connectivity index (χ1n) is 5.32. The van der Waals surface area contributed by atoms with Gasteiger partial charge in [0, 0.05) is 18.8 Å². The van der Waals surface area contributed by atoms with E-state index in [9.17, 15) is 0 Å². The molecule has 1 rings (SSSR count). The molecule has 1 atom stereocenters. The van der Waals surface area contributed by atoms with Gasteiger partial charge in [0.1, 0.15) is 0 Å². The van der Waals surface area contributed by atoms with Crippen LogP contribution in [0, 0.1) is 5.92 Å². The van der Waals surface area contributed by atoms with Crippen molar-refractivity contribution in [3.8, 4) is 5.88 Å². The maximum atomic E-state index is 5.59. The van der Waals surface area contributed by atoms with Crippen LogP contribution in [0.5, 0.6) is 5.88 Å². The summed E-state index contributed by atoms with van der Waals surface area (Å²) in [5, 5.41) is 4.33. The van der Waals surface area contributed by atoms with E-state index in [1.807, 2.05) is 16.9 Å². The van der Waals surface area contributed by atoms with Gasteiger partial charge in [-0.1, -0.05) is 20.8 Å². The lowest BCUT2D eigenvalue weighted by molar-refractivity contribution is 0.206. The molecule has 0 saturated carbocycles. The van der Waals surface area contributed by atoms with E-state index in [2.05, 4.69) is 32.8 Å². The van der Waals surface area contributed by atoms with Crippen molar-refractivity contribution in [2.75, 3.05) is 0 Å². The van der Waals surface area contributed by atoms with Crippen LogP contribution in [0.15, 0.2) is 12.3 Å². The number of rotatable bonds is 5. The van der Waals surface area contributed by atoms with Crippen LogP contribution in [-0.4, -0.2) is 15.9 Å². The average Bonchev–Trinajstić information content (AvgIpc) is 2.51. The maximum Gasteiger partial charge on any atom is 0.232 e. The van der Waals surface area contributed by atoms with Gasteiger partial charge in [0.15, 0.2) is 0 Å². The van der Waals surface area contributed by atoms with E-state index >= 15 is 0 Å². The Morgan fingerprint density at radius 1 is 1.43 bits per heavy atom. The van der Waals surface area contributed by atoms with Crippen molar-refractivity contribution in [3.05, 3.63) is 12.3 Å². The summed E-state index contributed by atoms with van der Waals surface area (Å²) < 4.78 is 7.53. The van der Waals surface area contributed by atoms with Crippen molar-refractivity contribution in [1.82, 2.24) is 9.78 Å². The van der Waals surface area contributed by atoms with Gasteiger partial charge < -0.3 is 4.74 Å². The minimum Gasteiger partial charge on any atom is -0.474 e. The maximum absolute atomic E-state index is 5.59. The molecule has 80 valence electrons. The molecule has 3 heteroatoms. The van der Waals surface area contributed by atoms with Crippen LogP contribution in [0.4, 0.5) is 0 Å². The van der Waals surface area contributed by atoms with Crippen LogP contribution < -0.4 is 4.74 Å². The first-order chi connectivity index (χ1) is 6.61. The molecule has 0 N–H and O–H groups in total. The van der Waals surface area contributed by atoms with Crippen LogP contribution in [0.2, 0.25) is 0 Å². The van der Waals surface area contributed by atoms with Gasteiger partial charge in [-0.3, -0.25) is 4.68 Å². The van der Waals surface area contributed by atoms with E-state index in [0.29, 0.717) is 5.92 Å². The molecule has 0 saturated heterocycles. The first-order valence-corrected chi connectivity index (χ1v) is 5.32. The first kappa shape index (κ1) is 11.1. The fraction of sp³-hybridized carbons (Fsp3) is 0.727. The highest BCUT2D eigenvalue weighted by Gasteiger charge is 2.04. The third-order valence-electron chi connectivity index (χ3n) is 2.07. The zero-order valence-electron chi connectivity index (χ0n) is 9.53. The normalized spacial score (nSPS) is 13.2.